The Morgan fingerprint density at radius 1 is 1.44 bits per heavy atom. The molecule has 0 radical (unpaired) electrons. The predicted octanol–water partition coefficient (Wildman–Crippen LogP) is 3.37. The van der Waals surface area contributed by atoms with Gasteiger partial charge in [-0.2, -0.15) is 10.4 Å². The maximum atomic E-state index is 12.4. The molecule has 1 aromatic heterocycles. The predicted molar refractivity (Wildman–Crippen MR) is 99.0 cm³/mol. The molecule has 27 heavy (non-hydrogen) atoms. The lowest BCUT2D eigenvalue weighted by molar-refractivity contribution is -0.385. The van der Waals surface area contributed by atoms with E-state index in [2.05, 4.69) is 5.10 Å². The van der Waals surface area contributed by atoms with Crippen molar-refractivity contribution in [3.05, 3.63) is 57.4 Å². The summed E-state index contributed by atoms with van der Waals surface area (Å²) in [5, 5.41) is 24.1. The van der Waals surface area contributed by atoms with Gasteiger partial charge in [-0.05, 0) is 23.8 Å². The number of Topliss-reactive ketones (excluding diaryl/α,β-unsaturated/α-hetero) is 1. The molecule has 8 nitrogen and oxygen atoms in total. The number of carbonyl (C=O) groups is 1. The number of carbonyl (C=O) groups excluding carboxylic acids is 1. The number of benzene rings is 1. The molecule has 2 aromatic rings. The summed E-state index contributed by atoms with van der Waals surface area (Å²) < 4.78 is 6.76. The van der Waals surface area contributed by atoms with Crippen LogP contribution in [-0.2, 0) is 11.3 Å². The number of methoxy groups -OCH3 is 1. The number of hydrogen-bond acceptors (Lipinski definition) is 6. The fourth-order valence-electron chi connectivity index (χ4n) is 2.44. The third kappa shape index (κ3) is 4.79. The minimum Gasteiger partial charge on any atom is -0.496 e. The Balaban J connectivity index is 2.39. The van der Waals surface area contributed by atoms with E-state index in [1.165, 1.54) is 30.3 Å². The van der Waals surface area contributed by atoms with Crippen LogP contribution in [0.25, 0.3) is 6.08 Å². The number of ether oxygens (including phenoxy) is 1. The first-order valence-electron chi connectivity index (χ1n) is 8.16. The van der Waals surface area contributed by atoms with Crippen molar-refractivity contribution in [3.8, 4) is 11.8 Å². The first-order chi connectivity index (χ1) is 12.7. The Morgan fingerprint density at radius 2 is 2.15 bits per heavy atom. The summed E-state index contributed by atoms with van der Waals surface area (Å²) in [6.45, 7) is 5.51. The van der Waals surface area contributed by atoms with Gasteiger partial charge in [0.1, 0.15) is 24.2 Å². The Kier molecular flexibility index (Phi) is 5.75. The van der Waals surface area contributed by atoms with E-state index in [1.807, 2.05) is 6.07 Å². The molecule has 0 fully saturated rings. The molecule has 0 saturated carbocycles. The Morgan fingerprint density at radius 3 is 2.67 bits per heavy atom. The van der Waals surface area contributed by atoms with Crippen LogP contribution in [0.1, 0.15) is 31.9 Å². The van der Waals surface area contributed by atoms with Crippen molar-refractivity contribution in [1.29, 1.82) is 5.26 Å². The van der Waals surface area contributed by atoms with Crippen molar-refractivity contribution in [2.75, 3.05) is 7.11 Å². The minimum absolute atomic E-state index is 0.0633. The van der Waals surface area contributed by atoms with Gasteiger partial charge >= 0.3 is 5.69 Å². The van der Waals surface area contributed by atoms with E-state index >= 15 is 0 Å². The molecular formula is C19H20N4O4. The molecule has 0 spiro atoms. The molecule has 0 amide bonds. The van der Waals surface area contributed by atoms with Crippen LogP contribution >= 0.6 is 0 Å². The number of rotatable bonds is 6. The summed E-state index contributed by atoms with van der Waals surface area (Å²) >= 11 is 0. The van der Waals surface area contributed by atoms with E-state index in [9.17, 15) is 20.2 Å². The normalized spacial score (nSPS) is 11.7. The first kappa shape index (κ1) is 19.8. The summed E-state index contributed by atoms with van der Waals surface area (Å²) in [7, 11) is 1.52. The molecule has 0 atom stereocenters. The standard InChI is InChI=1S/C19H20N4O4/c1-19(2,3)18(24)14(9-20)7-13-5-6-17(27-4)15(8-13)11-22-12-16(10-21-22)23(25)26/h5-8,10,12H,11H2,1-4H3. The zero-order valence-electron chi connectivity index (χ0n) is 15.6. The van der Waals surface area contributed by atoms with Gasteiger partial charge in [0, 0.05) is 11.0 Å². The van der Waals surface area contributed by atoms with Crippen molar-refractivity contribution < 1.29 is 14.5 Å². The lowest BCUT2D eigenvalue weighted by Crippen LogP contribution is -2.21. The second-order valence-electron chi connectivity index (χ2n) is 6.97. The number of allylic oxidation sites excluding steroid dienone is 1. The number of hydrogen-bond donors (Lipinski definition) is 0. The van der Waals surface area contributed by atoms with Crippen molar-refractivity contribution in [2.45, 2.75) is 27.3 Å². The molecule has 0 aliphatic carbocycles. The average molecular weight is 368 g/mol. The number of nitrogens with zero attached hydrogens (tertiary/aromatic N) is 4. The van der Waals surface area contributed by atoms with Gasteiger partial charge in [-0.1, -0.05) is 26.8 Å². The van der Waals surface area contributed by atoms with Crippen LogP contribution in [-0.4, -0.2) is 27.6 Å². The van der Waals surface area contributed by atoms with Gasteiger partial charge < -0.3 is 4.74 Å². The van der Waals surface area contributed by atoms with Crippen LogP contribution in [0.4, 0.5) is 5.69 Å². The highest BCUT2D eigenvalue weighted by Crippen LogP contribution is 2.25. The van der Waals surface area contributed by atoms with E-state index < -0.39 is 10.3 Å². The number of nitriles is 1. The molecule has 8 heteroatoms. The third-order valence-electron chi connectivity index (χ3n) is 3.82. The number of ketones is 1. The van der Waals surface area contributed by atoms with Crippen molar-refractivity contribution in [1.82, 2.24) is 9.78 Å². The van der Waals surface area contributed by atoms with Gasteiger partial charge in [-0.3, -0.25) is 19.6 Å². The van der Waals surface area contributed by atoms with Crippen LogP contribution in [0.15, 0.2) is 36.2 Å². The molecule has 0 N–H and O–H groups in total. The highest BCUT2D eigenvalue weighted by molar-refractivity contribution is 6.06. The minimum atomic E-state index is -0.662. The Bertz CT molecular complexity index is 945. The fraction of sp³-hybridized carbons (Fsp3) is 0.316. The van der Waals surface area contributed by atoms with Crippen LogP contribution in [0, 0.1) is 26.9 Å². The first-order valence-corrected chi connectivity index (χ1v) is 8.16. The summed E-state index contributed by atoms with van der Waals surface area (Å²) in [6.07, 6.45) is 4.03. The number of aromatic nitrogens is 2. The lowest BCUT2D eigenvalue weighted by Gasteiger charge is -2.15. The highest BCUT2D eigenvalue weighted by atomic mass is 16.6. The SMILES string of the molecule is COc1ccc(C=C(C#N)C(=O)C(C)(C)C)cc1Cn1cc([N+](=O)[O-])cn1. The maximum Gasteiger partial charge on any atom is 0.307 e. The molecular weight excluding hydrogens is 348 g/mol. The van der Waals surface area contributed by atoms with Gasteiger partial charge in [0.15, 0.2) is 5.78 Å². The van der Waals surface area contributed by atoms with E-state index in [-0.39, 0.29) is 23.6 Å². The molecule has 0 unspecified atom stereocenters. The van der Waals surface area contributed by atoms with Gasteiger partial charge in [0.05, 0.1) is 24.2 Å². The van der Waals surface area contributed by atoms with Crippen molar-refractivity contribution in [2.24, 2.45) is 5.41 Å². The summed E-state index contributed by atoms with van der Waals surface area (Å²) in [6, 6.07) is 7.18. The van der Waals surface area contributed by atoms with E-state index in [1.54, 1.807) is 39.0 Å². The van der Waals surface area contributed by atoms with Crippen LogP contribution in [0.2, 0.25) is 0 Å². The fourth-order valence-corrected chi connectivity index (χ4v) is 2.44. The molecule has 0 aliphatic rings. The van der Waals surface area contributed by atoms with Crippen molar-refractivity contribution in [3.63, 3.8) is 0 Å². The number of nitro groups is 1. The average Bonchev–Trinajstić information content (AvgIpc) is 3.07. The Labute approximate surface area is 156 Å². The van der Waals surface area contributed by atoms with Crippen LogP contribution in [0.3, 0.4) is 0 Å². The topological polar surface area (TPSA) is 111 Å². The summed E-state index contributed by atoms with van der Waals surface area (Å²) in [5.74, 6) is 0.330. The zero-order valence-corrected chi connectivity index (χ0v) is 15.6. The summed E-state index contributed by atoms with van der Waals surface area (Å²) in [4.78, 5) is 22.7. The van der Waals surface area contributed by atoms with Gasteiger partial charge in [-0.25, -0.2) is 0 Å². The summed E-state index contributed by atoms with van der Waals surface area (Å²) in [5.41, 5.74) is 0.664. The molecule has 1 aromatic carbocycles. The maximum absolute atomic E-state index is 12.4. The molecule has 140 valence electrons. The van der Waals surface area contributed by atoms with E-state index in [0.717, 1.165) is 0 Å². The lowest BCUT2D eigenvalue weighted by atomic mass is 9.86. The van der Waals surface area contributed by atoms with Gasteiger partial charge in [-0.15, -0.1) is 0 Å². The third-order valence-corrected chi connectivity index (χ3v) is 3.82. The second-order valence-corrected chi connectivity index (χ2v) is 6.97. The molecule has 0 bridgehead atoms. The Hall–Kier alpha value is -3.47. The largest absolute Gasteiger partial charge is 0.496 e. The van der Waals surface area contributed by atoms with Gasteiger partial charge in [0.25, 0.3) is 0 Å². The van der Waals surface area contributed by atoms with E-state index in [0.29, 0.717) is 16.9 Å². The van der Waals surface area contributed by atoms with Crippen molar-refractivity contribution >= 4 is 17.5 Å². The van der Waals surface area contributed by atoms with E-state index in [4.69, 9.17) is 4.74 Å². The highest BCUT2D eigenvalue weighted by Gasteiger charge is 2.25. The molecule has 0 saturated heterocycles. The quantitative estimate of drug-likeness (QED) is 0.334. The zero-order chi connectivity index (χ0) is 20.2. The molecule has 2 rings (SSSR count). The smallest absolute Gasteiger partial charge is 0.307 e. The van der Waals surface area contributed by atoms with Crippen LogP contribution in [0.5, 0.6) is 5.75 Å². The molecule has 0 aliphatic heterocycles. The van der Waals surface area contributed by atoms with Crippen LogP contribution < -0.4 is 4.74 Å². The molecule has 1 heterocycles. The van der Waals surface area contributed by atoms with Gasteiger partial charge in [0.2, 0.25) is 0 Å². The second kappa shape index (κ2) is 7.83. The monoisotopic (exact) mass is 368 g/mol.